The Morgan fingerprint density at radius 2 is 1.89 bits per heavy atom. The van der Waals surface area contributed by atoms with Gasteiger partial charge in [-0.3, -0.25) is 4.79 Å². The van der Waals surface area contributed by atoms with Crippen LogP contribution in [0.4, 0.5) is 0 Å². The molecular weight excluding hydrogens is 228 g/mol. The van der Waals surface area contributed by atoms with Crippen LogP contribution in [0, 0.1) is 11.3 Å². The molecule has 0 spiro atoms. The van der Waals surface area contributed by atoms with Gasteiger partial charge in [-0.1, -0.05) is 6.92 Å². The summed E-state index contributed by atoms with van der Waals surface area (Å²) in [7, 11) is 0. The van der Waals surface area contributed by atoms with Crippen molar-refractivity contribution in [3.8, 4) is 6.07 Å². The van der Waals surface area contributed by atoms with Crippen LogP contribution in [0.1, 0.15) is 26.2 Å². The van der Waals surface area contributed by atoms with Gasteiger partial charge in [-0.05, 0) is 25.9 Å². The van der Waals surface area contributed by atoms with E-state index in [9.17, 15) is 4.79 Å². The number of nitrogens with zero attached hydrogens (tertiary/aromatic N) is 3. The van der Waals surface area contributed by atoms with Crippen LogP contribution in [-0.2, 0) is 4.79 Å². The number of piperazine rings is 1. The van der Waals surface area contributed by atoms with Crippen molar-refractivity contribution in [3.05, 3.63) is 0 Å². The van der Waals surface area contributed by atoms with Crippen molar-refractivity contribution in [2.75, 3.05) is 45.8 Å². The first kappa shape index (κ1) is 14.9. The molecule has 0 saturated carbocycles. The van der Waals surface area contributed by atoms with Crippen LogP contribution >= 0.6 is 0 Å². The maximum absolute atomic E-state index is 11.0. The largest absolute Gasteiger partial charge is 0.355 e. The monoisotopic (exact) mass is 252 g/mol. The molecule has 18 heavy (non-hydrogen) atoms. The molecule has 1 amide bonds. The van der Waals surface area contributed by atoms with Crippen LogP contribution in [0.2, 0.25) is 0 Å². The summed E-state index contributed by atoms with van der Waals surface area (Å²) in [5, 5.41) is 11.1. The Labute approximate surface area is 110 Å². The van der Waals surface area contributed by atoms with Crippen LogP contribution in [0.5, 0.6) is 0 Å². The molecule has 1 saturated heterocycles. The van der Waals surface area contributed by atoms with E-state index in [-0.39, 0.29) is 12.3 Å². The first-order valence-corrected chi connectivity index (χ1v) is 6.84. The van der Waals surface area contributed by atoms with Crippen LogP contribution in [0.15, 0.2) is 0 Å². The number of nitriles is 1. The molecule has 0 unspecified atom stereocenters. The Morgan fingerprint density at radius 3 is 2.50 bits per heavy atom. The molecule has 1 aliphatic rings. The van der Waals surface area contributed by atoms with E-state index >= 15 is 0 Å². The Bertz CT molecular complexity index is 279. The van der Waals surface area contributed by atoms with Crippen molar-refractivity contribution in [3.63, 3.8) is 0 Å². The minimum absolute atomic E-state index is 0.0288. The highest BCUT2D eigenvalue weighted by Gasteiger charge is 2.14. The maximum atomic E-state index is 11.0. The molecule has 1 fully saturated rings. The molecule has 0 atom stereocenters. The Kier molecular flexibility index (Phi) is 7.38. The van der Waals surface area contributed by atoms with E-state index in [4.69, 9.17) is 5.26 Å². The lowest BCUT2D eigenvalue weighted by atomic mass is 10.2. The Balaban J connectivity index is 1.96. The van der Waals surface area contributed by atoms with Gasteiger partial charge in [-0.15, -0.1) is 0 Å². The second-order valence-electron chi connectivity index (χ2n) is 4.67. The van der Waals surface area contributed by atoms with Gasteiger partial charge in [0.2, 0.25) is 5.91 Å². The number of hydrogen-bond acceptors (Lipinski definition) is 4. The molecule has 5 heteroatoms. The number of hydrogen-bond donors (Lipinski definition) is 1. The highest BCUT2D eigenvalue weighted by atomic mass is 16.1. The Morgan fingerprint density at radius 1 is 1.22 bits per heavy atom. The molecule has 1 heterocycles. The van der Waals surface area contributed by atoms with Gasteiger partial charge in [0.25, 0.3) is 0 Å². The zero-order valence-electron chi connectivity index (χ0n) is 11.3. The van der Waals surface area contributed by atoms with E-state index in [1.807, 2.05) is 6.07 Å². The smallest absolute Gasteiger partial charge is 0.234 e. The highest BCUT2D eigenvalue weighted by Crippen LogP contribution is 2.02. The first-order chi connectivity index (χ1) is 8.76. The topological polar surface area (TPSA) is 59.4 Å². The second kappa shape index (κ2) is 8.90. The van der Waals surface area contributed by atoms with E-state index in [1.54, 1.807) is 0 Å². The second-order valence-corrected chi connectivity index (χ2v) is 4.67. The quantitative estimate of drug-likeness (QED) is 0.668. The summed E-state index contributed by atoms with van der Waals surface area (Å²) in [6.07, 6.45) is 2.07. The van der Waals surface area contributed by atoms with Crippen molar-refractivity contribution in [2.24, 2.45) is 0 Å². The normalized spacial score (nSPS) is 17.3. The number of nitrogens with one attached hydrogen (secondary N) is 1. The summed E-state index contributed by atoms with van der Waals surface area (Å²) in [4.78, 5) is 16.0. The maximum Gasteiger partial charge on any atom is 0.234 e. The zero-order valence-corrected chi connectivity index (χ0v) is 11.3. The van der Waals surface area contributed by atoms with E-state index in [2.05, 4.69) is 22.0 Å². The molecule has 0 radical (unpaired) electrons. The van der Waals surface area contributed by atoms with Gasteiger partial charge in [0.1, 0.15) is 6.42 Å². The molecular formula is C13H24N4O. The molecule has 1 N–H and O–H groups in total. The van der Waals surface area contributed by atoms with Crippen LogP contribution in [0.3, 0.4) is 0 Å². The number of unbranched alkanes of at least 4 members (excludes halogenated alkanes) is 1. The van der Waals surface area contributed by atoms with E-state index in [0.29, 0.717) is 6.54 Å². The summed E-state index contributed by atoms with van der Waals surface area (Å²) in [5.74, 6) is -0.158. The summed E-state index contributed by atoms with van der Waals surface area (Å²) in [6.45, 7) is 9.84. The van der Waals surface area contributed by atoms with Crippen molar-refractivity contribution in [2.45, 2.75) is 26.2 Å². The number of carbonyl (C=O) groups excluding carboxylic acids is 1. The zero-order chi connectivity index (χ0) is 13.2. The van der Waals surface area contributed by atoms with E-state index in [0.717, 1.165) is 39.0 Å². The van der Waals surface area contributed by atoms with E-state index in [1.165, 1.54) is 13.1 Å². The minimum atomic E-state index is -0.158. The fourth-order valence-electron chi connectivity index (χ4n) is 2.15. The van der Waals surface area contributed by atoms with E-state index < -0.39 is 0 Å². The van der Waals surface area contributed by atoms with Crippen molar-refractivity contribution >= 4 is 5.91 Å². The lowest BCUT2D eigenvalue weighted by molar-refractivity contribution is -0.120. The summed E-state index contributed by atoms with van der Waals surface area (Å²) in [5.41, 5.74) is 0. The van der Waals surface area contributed by atoms with Gasteiger partial charge in [0.15, 0.2) is 0 Å². The van der Waals surface area contributed by atoms with Gasteiger partial charge in [0, 0.05) is 32.7 Å². The third-order valence-electron chi connectivity index (χ3n) is 3.38. The molecule has 0 bridgehead atoms. The molecule has 0 aliphatic carbocycles. The van der Waals surface area contributed by atoms with Gasteiger partial charge in [-0.2, -0.15) is 5.26 Å². The molecule has 1 aliphatic heterocycles. The molecule has 0 aromatic heterocycles. The standard InChI is InChI=1S/C13H24N4O/c1-2-16-9-11-17(12-10-16)8-4-3-7-15-13(18)5-6-14/h2-5,7-12H2,1H3,(H,15,18). The molecule has 0 aromatic rings. The molecule has 1 rings (SSSR count). The lowest BCUT2D eigenvalue weighted by Crippen LogP contribution is -2.46. The average Bonchev–Trinajstić information content (AvgIpc) is 2.39. The van der Waals surface area contributed by atoms with Crippen molar-refractivity contribution in [1.82, 2.24) is 15.1 Å². The van der Waals surface area contributed by atoms with Crippen molar-refractivity contribution in [1.29, 1.82) is 5.26 Å². The third-order valence-corrected chi connectivity index (χ3v) is 3.38. The summed E-state index contributed by atoms with van der Waals surface area (Å²) < 4.78 is 0. The van der Waals surface area contributed by atoms with Crippen molar-refractivity contribution < 1.29 is 4.79 Å². The third kappa shape index (κ3) is 5.99. The van der Waals surface area contributed by atoms with Gasteiger partial charge in [0.05, 0.1) is 6.07 Å². The highest BCUT2D eigenvalue weighted by molar-refractivity contribution is 5.77. The number of amides is 1. The fraction of sp³-hybridized carbons (Fsp3) is 0.846. The lowest BCUT2D eigenvalue weighted by Gasteiger charge is -2.33. The SMILES string of the molecule is CCN1CCN(CCCCNC(=O)CC#N)CC1. The van der Waals surface area contributed by atoms with Gasteiger partial charge in [-0.25, -0.2) is 0 Å². The Hall–Kier alpha value is -1.12. The van der Waals surface area contributed by atoms with Gasteiger partial charge < -0.3 is 15.1 Å². The first-order valence-electron chi connectivity index (χ1n) is 6.84. The minimum Gasteiger partial charge on any atom is -0.355 e. The van der Waals surface area contributed by atoms with Gasteiger partial charge >= 0.3 is 0 Å². The summed E-state index contributed by atoms with van der Waals surface area (Å²) >= 11 is 0. The molecule has 5 nitrogen and oxygen atoms in total. The number of carbonyl (C=O) groups is 1. The molecule has 102 valence electrons. The number of likely N-dealkylation sites (N-methyl/N-ethyl adjacent to an activating group) is 1. The van der Waals surface area contributed by atoms with Crippen LogP contribution in [0.25, 0.3) is 0 Å². The predicted molar refractivity (Wildman–Crippen MR) is 71.0 cm³/mol. The molecule has 0 aromatic carbocycles. The average molecular weight is 252 g/mol. The number of rotatable bonds is 7. The summed E-state index contributed by atoms with van der Waals surface area (Å²) in [6, 6.07) is 1.84. The predicted octanol–water partition coefficient (Wildman–Crippen LogP) is 0.434. The van der Waals surface area contributed by atoms with Crippen LogP contribution < -0.4 is 5.32 Å². The fourth-order valence-corrected chi connectivity index (χ4v) is 2.15. The van der Waals surface area contributed by atoms with Crippen LogP contribution in [-0.4, -0.2) is 61.5 Å².